The van der Waals surface area contributed by atoms with E-state index >= 15 is 0 Å². The summed E-state index contributed by atoms with van der Waals surface area (Å²) in [5.74, 6) is 0. The molecule has 2 atom stereocenters. The van der Waals surface area contributed by atoms with E-state index in [1.54, 1.807) is 0 Å². The van der Waals surface area contributed by atoms with Gasteiger partial charge in [0, 0.05) is 25.0 Å². The Bertz CT molecular complexity index is 364. The van der Waals surface area contributed by atoms with Crippen LogP contribution in [-0.4, -0.2) is 32.4 Å². The molecule has 0 saturated carbocycles. The quantitative estimate of drug-likeness (QED) is 0.817. The van der Waals surface area contributed by atoms with E-state index in [1.807, 2.05) is 50.3 Å². The van der Waals surface area contributed by atoms with Crippen LogP contribution in [0.1, 0.15) is 45.2 Å². The minimum Gasteiger partial charge on any atom is -0.597 e. The molecule has 0 spiro atoms. The Balaban J connectivity index is 2.91. The number of aliphatic hydroxyl groups excluding tert-OH is 1. The minimum atomic E-state index is -1.06. The lowest BCUT2D eigenvalue weighted by Gasteiger charge is -2.35. The fraction of sp³-hybridized carbons (Fsp3) is 0.600. The van der Waals surface area contributed by atoms with Gasteiger partial charge >= 0.3 is 0 Å². The Hall–Kier alpha value is -0.550. The summed E-state index contributed by atoms with van der Waals surface area (Å²) in [4.78, 5) is 0. The lowest BCUT2D eigenvalue weighted by Crippen LogP contribution is -2.42. The summed E-state index contributed by atoms with van der Waals surface area (Å²) in [6.07, 6.45) is 1.52. The molecular formula is C15H25NO2S. The van der Waals surface area contributed by atoms with E-state index in [1.165, 1.54) is 0 Å². The van der Waals surface area contributed by atoms with Crippen LogP contribution in [0.3, 0.4) is 0 Å². The van der Waals surface area contributed by atoms with Gasteiger partial charge in [0.2, 0.25) is 0 Å². The van der Waals surface area contributed by atoms with Crippen LogP contribution < -0.4 is 0 Å². The normalized spacial score (nSPS) is 15.5. The van der Waals surface area contributed by atoms with Crippen molar-refractivity contribution in [3.63, 3.8) is 0 Å². The Morgan fingerprint density at radius 2 is 1.84 bits per heavy atom. The van der Waals surface area contributed by atoms with Crippen molar-refractivity contribution in [1.29, 1.82) is 0 Å². The lowest BCUT2D eigenvalue weighted by atomic mass is 10.0. The first-order valence-electron chi connectivity index (χ1n) is 6.68. The molecule has 0 aliphatic carbocycles. The van der Waals surface area contributed by atoms with Gasteiger partial charge in [0.25, 0.3) is 0 Å². The smallest absolute Gasteiger partial charge is 0.137 e. The molecule has 0 bridgehead atoms. The second kappa shape index (κ2) is 7.29. The van der Waals surface area contributed by atoms with Crippen molar-refractivity contribution in [3.05, 3.63) is 35.9 Å². The molecule has 0 saturated heterocycles. The molecule has 0 fully saturated rings. The average Bonchev–Trinajstić information content (AvgIpc) is 2.38. The number of rotatable bonds is 6. The fourth-order valence-corrected chi connectivity index (χ4v) is 3.39. The van der Waals surface area contributed by atoms with Crippen LogP contribution in [-0.2, 0) is 11.4 Å². The highest BCUT2D eigenvalue weighted by atomic mass is 32.2. The molecule has 0 unspecified atom stereocenters. The molecule has 1 N–H and O–H groups in total. The van der Waals surface area contributed by atoms with E-state index in [4.69, 9.17) is 5.11 Å². The largest absolute Gasteiger partial charge is 0.597 e. The maximum absolute atomic E-state index is 12.5. The van der Waals surface area contributed by atoms with Crippen LogP contribution in [0.4, 0.5) is 0 Å². The van der Waals surface area contributed by atoms with E-state index in [0.29, 0.717) is 6.42 Å². The molecule has 0 aliphatic heterocycles. The van der Waals surface area contributed by atoms with Crippen LogP contribution in [0.15, 0.2) is 30.3 Å². The monoisotopic (exact) mass is 283 g/mol. The first kappa shape index (κ1) is 16.5. The molecule has 0 radical (unpaired) electrons. The summed E-state index contributed by atoms with van der Waals surface area (Å²) < 4.78 is 14.2. The second-order valence-corrected chi connectivity index (χ2v) is 8.00. The van der Waals surface area contributed by atoms with Crippen LogP contribution in [0, 0.1) is 0 Å². The first-order chi connectivity index (χ1) is 8.88. The van der Waals surface area contributed by atoms with Gasteiger partial charge in [-0.1, -0.05) is 30.3 Å². The van der Waals surface area contributed by atoms with Gasteiger partial charge < -0.3 is 9.66 Å². The van der Waals surface area contributed by atoms with E-state index in [9.17, 15) is 4.55 Å². The zero-order chi connectivity index (χ0) is 14.5. The molecule has 1 aromatic carbocycles. The van der Waals surface area contributed by atoms with E-state index < -0.39 is 11.4 Å². The molecule has 3 nitrogen and oxygen atoms in total. The zero-order valence-corrected chi connectivity index (χ0v) is 13.1. The molecular weight excluding hydrogens is 258 g/mol. The Morgan fingerprint density at radius 3 is 2.32 bits per heavy atom. The molecule has 0 aliphatic rings. The van der Waals surface area contributed by atoms with Crippen molar-refractivity contribution in [2.24, 2.45) is 0 Å². The van der Waals surface area contributed by atoms with Gasteiger partial charge in [0.15, 0.2) is 0 Å². The second-order valence-electron chi connectivity index (χ2n) is 5.70. The third-order valence-electron chi connectivity index (χ3n) is 3.04. The third-order valence-corrected chi connectivity index (χ3v) is 4.87. The first-order valence-corrected chi connectivity index (χ1v) is 7.79. The van der Waals surface area contributed by atoms with Crippen LogP contribution in [0.2, 0.25) is 0 Å². The number of hydrogen-bond donors (Lipinski definition) is 1. The predicted molar refractivity (Wildman–Crippen MR) is 81.2 cm³/mol. The molecule has 108 valence electrons. The molecule has 4 heteroatoms. The van der Waals surface area contributed by atoms with Gasteiger partial charge in [-0.2, -0.15) is 0 Å². The predicted octanol–water partition coefficient (Wildman–Crippen LogP) is 2.89. The Morgan fingerprint density at radius 1 is 1.26 bits per heavy atom. The number of aliphatic hydroxyl groups is 1. The van der Waals surface area contributed by atoms with Gasteiger partial charge in [-0.25, -0.2) is 0 Å². The van der Waals surface area contributed by atoms with Gasteiger partial charge in [0.05, 0.1) is 6.04 Å². The van der Waals surface area contributed by atoms with E-state index in [2.05, 4.69) is 12.1 Å². The van der Waals surface area contributed by atoms with Crippen molar-refractivity contribution in [1.82, 2.24) is 4.31 Å². The van der Waals surface area contributed by atoms with Crippen molar-refractivity contribution in [2.75, 3.05) is 13.7 Å². The van der Waals surface area contributed by atoms with Gasteiger partial charge in [-0.3, -0.25) is 0 Å². The topological polar surface area (TPSA) is 46.5 Å². The van der Waals surface area contributed by atoms with Crippen molar-refractivity contribution in [3.8, 4) is 0 Å². The van der Waals surface area contributed by atoms with Crippen LogP contribution in [0.5, 0.6) is 0 Å². The van der Waals surface area contributed by atoms with E-state index in [0.717, 1.165) is 12.0 Å². The summed E-state index contributed by atoms with van der Waals surface area (Å²) >= 11 is -1.06. The van der Waals surface area contributed by atoms with Gasteiger partial charge in [0.1, 0.15) is 4.75 Å². The zero-order valence-electron chi connectivity index (χ0n) is 12.3. The molecule has 1 aromatic rings. The van der Waals surface area contributed by atoms with Crippen LogP contribution >= 0.6 is 0 Å². The maximum Gasteiger partial charge on any atom is 0.137 e. The summed E-state index contributed by atoms with van der Waals surface area (Å²) in [6, 6.07) is 10.2. The molecule has 19 heavy (non-hydrogen) atoms. The maximum atomic E-state index is 12.5. The Kier molecular flexibility index (Phi) is 6.33. The third kappa shape index (κ3) is 4.80. The van der Waals surface area contributed by atoms with Crippen molar-refractivity contribution in [2.45, 2.75) is 44.4 Å². The highest BCUT2D eigenvalue weighted by molar-refractivity contribution is 7.90. The van der Waals surface area contributed by atoms with Crippen LogP contribution in [0.25, 0.3) is 0 Å². The number of nitrogens with zero attached hydrogens (tertiary/aromatic N) is 1. The summed E-state index contributed by atoms with van der Waals surface area (Å²) in [5, 5.41) is 9.05. The van der Waals surface area contributed by atoms with E-state index in [-0.39, 0.29) is 17.4 Å². The van der Waals surface area contributed by atoms with Crippen molar-refractivity contribution < 1.29 is 9.66 Å². The average molecular weight is 283 g/mol. The molecule has 1 rings (SSSR count). The van der Waals surface area contributed by atoms with Gasteiger partial charge in [-0.05, 0) is 39.2 Å². The molecule has 0 aromatic heterocycles. The standard InChI is InChI=1S/C15H25NO2S/c1-15(2,3)19(18)16(4)14(11-8-12-17)13-9-6-5-7-10-13/h5-7,9-10,14,17H,8,11-12H2,1-4H3/t14-,19-/m1/s1. The SMILES string of the molecule is CN([C@H](CCCO)c1ccccc1)[S@+]([O-])C(C)(C)C. The number of hydrogen-bond acceptors (Lipinski definition) is 3. The summed E-state index contributed by atoms with van der Waals surface area (Å²) in [6.45, 7) is 6.11. The lowest BCUT2D eigenvalue weighted by molar-refractivity contribution is 0.258. The molecule has 0 amide bonds. The van der Waals surface area contributed by atoms with Crippen molar-refractivity contribution >= 4 is 11.4 Å². The highest BCUT2D eigenvalue weighted by Crippen LogP contribution is 2.31. The number of benzene rings is 1. The molecule has 0 heterocycles. The summed E-state index contributed by atoms with van der Waals surface area (Å²) in [5.41, 5.74) is 1.15. The fourth-order valence-electron chi connectivity index (χ4n) is 2.07. The van der Waals surface area contributed by atoms with Gasteiger partial charge in [-0.15, -0.1) is 4.31 Å². The summed E-state index contributed by atoms with van der Waals surface area (Å²) in [7, 11) is 1.90. The minimum absolute atomic E-state index is 0.0772. The highest BCUT2D eigenvalue weighted by Gasteiger charge is 2.35. The Labute approximate surface area is 119 Å².